The highest BCUT2D eigenvalue weighted by atomic mass is 16.6. The number of ether oxygens (including phenoxy) is 3. The molecule has 1 aromatic carbocycles. The summed E-state index contributed by atoms with van der Waals surface area (Å²) in [6.45, 7) is 4.87. The largest absolute Gasteiger partial charge is 0.490 e. The van der Waals surface area contributed by atoms with E-state index in [0.29, 0.717) is 38.7 Å². The quantitative estimate of drug-likeness (QED) is 0.634. The Hall–Kier alpha value is -2.90. The molecule has 0 saturated carbocycles. The molecular weight excluding hydrogens is 394 g/mol. The first kappa shape index (κ1) is 20.0. The fraction of sp³-hybridized carbons (Fsp3) is 0.417. The van der Waals surface area contributed by atoms with Crippen LogP contribution in [0.15, 0.2) is 41.5 Å². The number of hydrogen-bond acceptors (Lipinski definition) is 5. The van der Waals surface area contributed by atoms with E-state index in [1.807, 2.05) is 28.7 Å². The summed E-state index contributed by atoms with van der Waals surface area (Å²) in [6, 6.07) is 8.08. The third-order valence-electron chi connectivity index (χ3n) is 6.04. The van der Waals surface area contributed by atoms with E-state index in [2.05, 4.69) is 30.2 Å². The van der Waals surface area contributed by atoms with Gasteiger partial charge in [-0.15, -0.1) is 0 Å². The monoisotopic (exact) mass is 421 g/mol. The minimum Gasteiger partial charge on any atom is -0.490 e. The Bertz CT molecular complexity index is 1160. The number of aryl methyl sites for hydroxylation is 2. The van der Waals surface area contributed by atoms with Crippen LogP contribution in [0.2, 0.25) is 0 Å². The van der Waals surface area contributed by atoms with Crippen LogP contribution in [0.3, 0.4) is 0 Å². The van der Waals surface area contributed by atoms with Crippen LogP contribution in [-0.2, 0) is 35.9 Å². The van der Waals surface area contributed by atoms with Crippen molar-refractivity contribution in [1.82, 2.24) is 14.3 Å². The minimum absolute atomic E-state index is 0.0231. The summed E-state index contributed by atoms with van der Waals surface area (Å²) in [6.07, 6.45) is 5.39. The molecule has 1 atom stereocenters. The smallest absolute Gasteiger partial charge is 0.254 e. The average molecular weight is 421 g/mol. The lowest BCUT2D eigenvalue weighted by molar-refractivity contribution is -0.101. The number of hydrogen-bond donors (Lipinski definition) is 0. The summed E-state index contributed by atoms with van der Waals surface area (Å²) in [4.78, 5) is 12.9. The molecule has 31 heavy (non-hydrogen) atoms. The fourth-order valence-corrected chi connectivity index (χ4v) is 4.50. The molecule has 4 heterocycles. The van der Waals surface area contributed by atoms with E-state index in [0.717, 1.165) is 40.8 Å². The number of aromatic nitrogens is 3. The summed E-state index contributed by atoms with van der Waals surface area (Å²) in [7, 11) is 1.92. The maximum Gasteiger partial charge on any atom is 0.254 e. The van der Waals surface area contributed by atoms with E-state index >= 15 is 0 Å². The van der Waals surface area contributed by atoms with Gasteiger partial charge in [0.1, 0.15) is 18.5 Å². The third kappa shape index (κ3) is 3.79. The van der Waals surface area contributed by atoms with E-state index in [9.17, 15) is 4.79 Å². The molecule has 7 heteroatoms. The maximum atomic E-state index is 12.9. The molecule has 0 N–H and O–H groups in total. The number of benzene rings is 1. The van der Waals surface area contributed by atoms with Crippen molar-refractivity contribution in [3.8, 4) is 28.1 Å². The zero-order valence-corrected chi connectivity index (χ0v) is 18.0. The van der Waals surface area contributed by atoms with Gasteiger partial charge < -0.3 is 18.8 Å². The molecular formula is C24H27N3O4. The second kappa shape index (κ2) is 8.32. The average Bonchev–Trinajstić information content (AvgIpc) is 3.24. The highest BCUT2D eigenvalue weighted by molar-refractivity contribution is 5.75. The minimum atomic E-state index is -0.105. The Morgan fingerprint density at radius 3 is 2.87 bits per heavy atom. The molecule has 0 amide bonds. The lowest BCUT2D eigenvalue weighted by Crippen LogP contribution is -2.34. The number of pyridine rings is 1. The molecule has 1 saturated heterocycles. The molecule has 3 aromatic rings. The van der Waals surface area contributed by atoms with Gasteiger partial charge in [0, 0.05) is 42.5 Å². The highest BCUT2D eigenvalue weighted by Gasteiger charge is 2.24. The first-order valence-corrected chi connectivity index (χ1v) is 10.8. The van der Waals surface area contributed by atoms with Crippen molar-refractivity contribution in [2.75, 3.05) is 26.4 Å². The molecule has 0 aliphatic carbocycles. The van der Waals surface area contributed by atoms with Crippen molar-refractivity contribution < 1.29 is 14.2 Å². The number of fused-ring (bicyclic) bond motifs is 3. The van der Waals surface area contributed by atoms with Crippen LogP contribution >= 0.6 is 0 Å². The molecule has 7 nitrogen and oxygen atoms in total. The Balaban J connectivity index is 1.52. The molecule has 2 aromatic heterocycles. The lowest BCUT2D eigenvalue weighted by atomic mass is 9.91. The van der Waals surface area contributed by atoms with E-state index in [-0.39, 0.29) is 11.7 Å². The van der Waals surface area contributed by atoms with Crippen LogP contribution in [0.4, 0.5) is 0 Å². The third-order valence-corrected chi connectivity index (χ3v) is 6.04. The van der Waals surface area contributed by atoms with E-state index in [1.54, 1.807) is 6.07 Å². The van der Waals surface area contributed by atoms with Gasteiger partial charge in [-0.05, 0) is 24.0 Å². The highest BCUT2D eigenvalue weighted by Crippen LogP contribution is 2.37. The predicted molar refractivity (Wildman–Crippen MR) is 117 cm³/mol. The second-order valence-electron chi connectivity index (χ2n) is 8.08. The van der Waals surface area contributed by atoms with Crippen LogP contribution in [-0.4, -0.2) is 46.9 Å². The zero-order chi connectivity index (χ0) is 21.4. The van der Waals surface area contributed by atoms with Crippen LogP contribution in [0.25, 0.3) is 22.4 Å². The molecule has 162 valence electrons. The summed E-state index contributed by atoms with van der Waals surface area (Å²) in [5.41, 5.74) is 6.60. The summed E-state index contributed by atoms with van der Waals surface area (Å²) < 4.78 is 20.9. The number of rotatable bonds is 5. The van der Waals surface area contributed by atoms with Gasteiger partial charge in [0.2, 0.25) is 0 Å². The predicted octanol–water partition coefficient (Wildman–Crippen LogP) is 2.83. The topological polar surface area (TPSA) is 67.5 Å². The molecule has 2 aliphatic heterocycles. The van der Waals surface area contributed by atoms with Gasteiger partial charge >= 0.3 is 0 Å². The molecule has 5 rings (SSSR count). The molecule has 2 aliphatic rings. The van der Waals surface area contributed by atoms with Gasteiger partial charge in [-0.2, -0.15) is 5.10 Å². The summed E-state index contributed by atoms with van der Waals surface area (Å²) in [5, 5.41) is 4.29. The van der Waals surface area contributed by atoms with E-state index < -0.39 is 0 Å². The Morgan fingerprint density at radius 2 is 2.13 bits per heavy atom. The summed E-state index contributed by atoms with van der Waals surface area (Å²) in [5.74, 6) is 0.650. The molecule has 1 unspecified atom stereocenters. The van der Waals surface area contributed by atoms with Gasteiger partial charge in [0.25, 0.3) is 5.56 Å². The second-order valence-corrected chi connectivity index (χ2v) is 8.08. The lowest BCUT2D eigenvalue weighted by Gasteiger charge is -2.27. The first-order valence-electron chi connectivity index (χ1n) is 10.8. The van der Waals surface area contributed by atoms with Gasteiger partial charge in [-0.3, -0.25) is 9.48 Å². The van der Waals surface area contributed by atoms with Crippen LogP contribution in [0, 0.1) is 0 Å². The van der Waals surface area contributed by atoms with Gasteiger partial charge in [0.05, 0.1) is 31.7 Å². The zero-order valence-electron chi connectivity index (χ0n) is 18.0. The Labute approximate surface area is 181 Å². The van der Waals surface area contributed by atoms with Crippen molar-refractivity contribution in [2.45, 2.75) is 32.4 Å². The van der Waals surface area contributed by atoms with Gasteiger partial charge in [-0.1, -0.05) is 25.1 Å². The van der Waals surface area contributed by atoms with Gasteiger partial charge in [-0.25, -0.2) is 0 Å². The number of nitrogens with zero attached hydrogens (tertiary/aromatic N) is 3. The normalized spacial score (nSPS) is 17.8. The first-order chi connectivity index (χ1) is 15.1. The van der Waals surface area contributed by atoms with Crippen molar-refractivity contribution in [3.63, 3.8) is 0 Å². The maximum absolute atomic E-state index is 12.9. The molecule has 0 spiro atoms. The Kier molecular flexibility index (Phi) is 5.38. The molecule has 0 radical (unpaired) electrons. The molecule has 0 bridgehead atoms. The van der Waals surface area contributed by atoms with Crippen LogP contribution in [0.5, 0.6) is 5.75 Å². The van der Waals surface area contributed by atoms with Crippen LogP contribution < -0.4 is 10.3 Å². The van der Waals surface area contributed by atoms with Crippen LogP contribution in [0.1, 0.15) is 18.1 Å². The van der Waals surface area contributed by atoms with E-state index in [4.69, 9.17) is 14.2 Å². The van der Waals surface area contributed by atoms with Crippen molar-refractivity contribution >= 4 is 0 Å². The van der Waals surface area contributed by atoms with Gasteiger partial charge in [0.15, 0.2) is 0 Å². The van der Waals surface area contributed by atoms with Crippen molar-refractivity contribution in [3.05, 3.63) is 58.1 Å². The standard InChI is InChI=1S/C24H27N3O4/c1-3-20-22(31-15-19-14-29-8-9-30-19)11-23(28)27-7-6-17-10-16(4-5-21(17)24(20)27)18-12-25-26(2)13-18/h4-5,10-13,19H,3,6-9,14-15H2,1-2H3. The SMILES string of the molecule is CCc1c(OCC2COCCO2)cc(=O)n2c1-c1ccc(-c3cnn(C)c3)cc1CC2. The van der Waals surface area contributed by atoms with Crippen molar-refractivity contribution in [2.24, 2.45) is 7.05 Å². The summed E-state index contributed by atoms with van der Waals surface area (Å²) >= 11 is 0. The van der Waals surface area contributed by atoms with Crippen molar-refractivity contribution in [1.29, 1.82) is 0 Å². The molecule has 1 fully saturated rings. The van der Waals surface area contributed by atoms with E-state index in [1.165, 1.54) is 5.56 Å². The Morgan fingerprint density at radius 1 is 1.23 bits per heavy atom. The fourth-order valence-electron chi connectivity index (χ4n) is 4.50.